The van der Waals surface area contributed by atoms with Gasteiger partial charge in [0.1, 0.15) is 5.75 Å². The van der Waals surface area contributed by atoms with E-state index in [0.717, 1.165) is 47.4 Å². The van der Waals surface area contributed by atoms with Gasteiger partial charge in [-0.25, -0.2) is 0 Å². The zero-order valence-electron chi connectivity index (χ0n) is 26.8. The van der Waals surface area contributed by atoms with Crippen LogP contribution >= 0.6 is 0 Å². The van der Waals surface area contributed by atoms with Crippen LogP contribution in [0.25, 0.3) is 5.57 Å². The van der Waals surface area contributed by atoms with E-state index in [1.165, 1.54) is 5.56 Å². The molecule has 0 fully saturated rings. The zero-order chi connectivity index (χ0) is 32.2. The number of halogens is 3. The van der Waals surface area contributed by atoms with E-state index < -0.39 is 12.1 Å². The fraction of sp³-hybridized carbons (Fsp3) is 0.531. The van der Waals surface area contributed by atoms with Gasteiger partial charge in [0.2, 0.25) is 0 Å². The highest BCUT2D eigenvalue weighted by Gasteiger charge is 2.39. The molecule has 9 heteroatoms. The maximum absolute atomic E-state index is 13.1. The summed E-state index contributed by atoms with van der Waals surface area (Å²) in [6.07, 6.45) is 0.397. The Kier molecular flexibility index (Phi) is 21.0. The first-order valence-corrected chi connectivity index (χ1v) is 13.8. The molecule has 0 amide bonds. The van der Waals surface area contributed by atoms with Crippen LogP contribution in [-0.4, -0.2) is 63.2 Å². The van der Waals surface area contributed by atoms with E-state index in [2.05, 4.69) is 39.7 Å². The van der Waals surface area contributed by atoms with E-state index in [9.17, 15) is 13.2 Å². The van der Waals surface area contributed by atoms with Crippen LogP contribution in [-0.2, 0) is 12.8 Å². The quantitative estimate of drug-likeness (QED) is 0.278. The molecule has 41 heavy (non-hydrogen) atoms. The summed E-state index contributed by atoms with van der Waals surface area (Å²) in [5.41, 5.74) is 6.41. The number of methoxy groups -OCH3 is 1. The number of H-pyrrole nitrogens is 1. The van der Waals surface area contributed by atoms with Crippen molar-refractivity contribution in [2.75, 3.05) is 28.3 Å². The fourth-order valence-electron chi connectivity index (χ4n) is 4.05. The minimum Gasteiger partial charge on any atom is -0.496 e. The molecule has 1 atom stereocenters. The van der Waals surface area contributed by atoms with Crippen LogP contribution in [0.5, 0.6) is 5.75 Å². The molecule has 2 aromatic rings. The Labute approximate surface area is 245 Å². The topological polar surface area (TPSA) is 82.3 Å². The van der Waals surface area contributed by atoms with Gasteiger partial charge in [-0.1, -0.05) is 40.7 Å². The standard InChI is InChI=1S/C15H23F3N2.C14H18N2O.C2H6.CH4O/c1-9(2)6-12(15(16,17)18)7-13-8-14(10(3)19-5)11(4)20-13;1-5-11-8-12(6-7-14(11)17-4)13(9-15-2)10-16-3;2*1-2/h8-9,12,20H,6-7H2,1-5H3;6-10H,2,5H2,1,3-4H3;1-2H3;2H,1H3/b;13-9+,16-10?;;. The highest BCUT2D eigenvalue weighted by molar-refractivity contribution is 6.09. The number of aliphatic hydroxyl groups excluding tert-OH is 1. The summed E-state index contributed by atoms with van der Waals surface area (Å²) < 4.78 is 44.5. The second kappa shape index (κ2) is 21.5. The van der Waals surface area contributed by atoms with Crippen LogP contribution in [0.1, 0.15) is 76.0 Å². The monoisotopic (exact) mass is 580 g/mol. The number of nitrogens with one attached hydrogen (secondary N) is 1. The molecular weight excluding hydrogens is 529 g/mol. The van der Waals surface area contributed by atoms with Gasteiger partial charge in [-0.3, -0.25) is 15.0 Å². The van der Waals surface area contributed by atoms with E-state index in [1.807, 2.05) is 53.7 Å². The molecule has 1 aromatic heterocycles. The lowest BCUT2D eigenvalue weighted by molar-refractivity contribution is -0.178. The number of aliphatic hydroxyl groups is 1. The van der Waals surface area contributed by atoms with Crippen molar-refractivity contribution < 1.29 is 23.0 Å². The van der Waals surface area contributed by atoms with Crippen molar-refractivity contribution in [3.05, 3.63) is 58.5 Å². The van der Waals surface area contributed by atoms with E-state index >= 15 is 0 Å². The number of hydrogen-bond acceptors (Lipinski definition) is 5. The predicted molar refractivity (Wildman–Crippen MR) is 170 cm³/mol. The van der Waals surface area contributed by atoms with Gasteiger partial charge in [-0.15, -0.1) is 0 Å². The summed E-state index contributed by atoms with van der Waals surface area (Å²) in [7, 11) is 6.10. The Balaban J connectivity index is 0. The third-order valence-corrected chi connectivity index (χ3v) is 5.97. The smallest absolute Gasteiger partial charge is 0.392 e. The summed E-state index contributed by atoms with van der Waals surface area (Å²) in [6.45, 7) is 16.9. The molecule has 1 aromatic carbocycles. The molecule has 0 spiro atoms. The summed E-state index contributed by atoms with van der Waals surface area (Å²) in [5, 5.41) is 7.00. The van der Waals surface area contributed by atoms with Crippen molar-refractivity contribution in [3.63, 3.8) is 0 Å². The maximum atomic E-state index is 13.1. The van der Waals surface area contributed by atoms with Crippen LogP contribution < -0.4 is 4.74 Å². The van der Waals surface area contributed by atoms with Gasteiger partial charge in [-0.05, 0) is 75.1 Å². The van der Waals surface area contributed by atoms with E-state index in [1.54, 1.807) is 39.7 Å². The Bertz CT molecular complexity index is 1100. The molecule has 1 unspecified atom stereocenters. The van der Waals surface area contributed by atoms with Crippen molar-refractivity contribution in [1.82, 2.24) is 4.98 Å². The molecule has 1 heterocycles. The zero-order valence-corrected chi connectivity index (χ0v) is 26.8. The molecule has 2 N–H and O–H groups in total. The SMILES string of the molecule is C=N/C=C(\C=NC)c1ccc(OC)c(CC)c1.CC.CN=C(C)c1cc(CC(CC(C)C)C(F)(F)F)[nH]c1C.CO. The highest BCUT2D eigenvalue weighted by atomic mass is 19.4. The van der Waals surface area contributed by atoms with Crippen molar-refractivity contribution in [2.24, 2.45) is 26.8 Å². The summed E-state index contributed by atoms with van der Waals surface area (Å²) in [5.74, 6) is -0.362. The Morgan fingerprint density at radius 3 is 2.20 bits per heavy atom. The van der Waals surface area contributed by atoms with Gasteiger partial charge in [0.15, 0.2) is 0 Å². The summed E-state index contributed by atoms with van der Waals surface area (Å²) in [6, 6.07) is 7.85. The van der Waals surface area contributed by atoms with Gasteiger partial charge >= 0.3 is 6.18 Å². The molecular formula is C32H51F3N4O2. The first-order chi connectivity index (χ1) is 19.4. The van der Waals surface area contributed by atoms with E-state index in [4.69, 9.17) is 9.84 Å². The summed E-state index contributed by atoms with van der Waals surface area (Å²) in [4.78, 5) is 14.9. The number of alkyl halides is 3. The Morgan fingerprint density at radius 2 is 1.76 bits per heavy atom. The van der Waals surface area contributed by atoms with Crippen molar-refractivity contribution in [1.29, 1.82) is 0 Å². The van der Waals surface area contributed by atoms with Crippen molar-refractivity contribution in [3.8, 4) is 5.75 Å². The van der Waals surface area contributed by atoms with E-state index in [-0.39, 0.29) is 18.8 Å². The third-order valence-electron chi connectivity index (χ3n) is 5.97. The molecule has 0 bridgehead atoms. The predicted octanol–water partition coefficient (Wildman–Crippen LogP) is 8.16. The number of aromatic nitrogens is 1. The molecule has 0 aliphatic rings. The van der Waals surface area contributed by atoms with Crippen LogP contribution in [0.2, 0.25) is 0 Å². The number of benzene rings is 1. The fourth-order valence-corrected chi connectivity index (χ4v) is 4.05. The average molecular weight is 581 g/mol. The number of aliphatic imine (C=N–C) groups is 3. The first kappa shape index (κ1) is 39.9. The molecule has 0 aliphatic carbocycles. The normalized spacial score (nSPS) is 12.5. The van der Waals surface area contributed by atoms with Gasteiger partial charge in [0.05, 0.1) is 13.0 Å². The number of rotatable bonds is 10. The Morgan fingerprint density at radius 1 is 1.15 bits per heavy atom. The van der Waals surface area contributed by atoms with Crippen molar-refractivity contribution in [2.45, 2.75) is 73.9 Å². The minimum absolute atomic E-state index is 0.000482. The lowest BCUT2D eigenvalue weighted by Gasteiger charge is -2.21. The lowest BCUT2D eigenvalue weighted by Crippen LogP contribution is -2.26. The van der Waals surface area contributed by atoms with Crippen molar-refractivity contribution >= 4 is 24.2 Å². The number of allylic oxidation sites excluding steroid dienone is 1. The average Bonchev–Trinajstić information content (AvgIpc) is 3.33. The number of nitrogens with zero attached hydrogens (tertiary/aromatic N) is 3. The Hall–Kier alpha value is -3.20. The molecule has 0 saturated heterocycles. The molecule has 0 aliphatic heterocycles. The third kappa shape index (κ3) is 14.3. The second-order valence-electron chi connectivity index (χ2n) is 9.25. The molecule has 0 saturated carbocycles. The van der Waals surface area contributed by atoms with Gasteiger partial charge < -0.3 is 14.8 Å². The van der Waals surface area contributed by atoms with E-state index in [0.29, 0.717) is 5.69 Å². The molecule has 232 valence electrons. The maximum Gasteiger partial charge on any atom is 0.392 e. The lowest BCUT2D eigenvalue weighted by atomic mass is 9.92. The van der Waals surface area contributed by atoms with Crippen LogP contribution in [0.3, 0.4) is 0 Å². The van der Waals surface area contributed by atoms with Gasteiger partial charge in [-0.2, -0.15) is 13.2 Å². The molecule has 2 rings (SSSR count). The van der Waals surface area contributed by atoms with Gasteiger partial charge in [0.25, 0.3) is 0 Å². The highest BCUT2D eigenvalue weighted by Crippen LogP contribution is 2.34. The molecule has 0 radical (unpaired) electrons. The largest absolute Gasteiger partial charge is 0.496 e. The number of aromatic amines is 1. The van der Waals surface area contributed by atoms with Crippen LogP contribution in [0.15, 0.2) is 45.4 Å². The first-order valence-electron chi connectivity index (χ1n) is 13.8. The van der Waals surface area contributed by atoms with Crippen LogP contribution in [0, 0.1) is 18.8 Å². The van der Waals surface area contributed by atoms with Gasteiger partial charge in [0, 0.05) is 61.9 Å². The molecule has 6 nitrogen and oxygen atoms in total. The number of aryl methyl sites for hydroxylation is 2. The summed E-state index contributed by atoms with van der Waals surface area (Å²) >= 11 is 0. The van der Waals surface area contributed by atoms with Crippen LogP contribution in [0.4, 0.5) is 13.2 Å². The second-order valence-corrected chi connectivity index (χ2v) is 9.25. The number of hydrogen-bond donors (Lipinski definition) is 2. The number of ether oxygens (including phenoxy) is 1. The minimum atomic E-state index is -4.16.